The number of carboxylic acids is 1. The van der Waals surface area contributed by atoms with Crippen LogP contribution in [-0.4, -0.2) is 45.2 Å². The molecule has 1 aliphatic heterocycles. The molecule has 106 valence electrons. The molecule has 0 aliphatic carbocycles. The van der Waals surface area contributed by atoms with E-state index in [1.165, 1.54) is 0 Å². The van der Waals surface area contributed by atoms with Gasteiger partial charge >= 0.3 is 5.97 Å². The van der Waals surface area contributed by atoms with E-state index in [1.54, 1.807) is 6.20 Å². The first-order valence-electron chi connectivity index (χ1n) is 7.08. The zero-order chi connectivity index (χ0) is 13.7. The topological polar surface area (TPSA) is 58.4 Å². The second-order valence-electron chi connectivity index (χ2n) is 5.48. The third-order valence-electron chi connectivity index (χ3n) is 4.23. The normalized spacial score (nSPS) is 19.4. The molecule has 1 aliphatic rings. The molecule has 0 atom stereocenters. The highest BCUT2D eigenvalue weighted by molar-refractivity contribution is 5.74. The number of aromatic nitrogens is 2. The van der Waals surface area contributed by atoms with Crippen molar-refractivity contribution in [2.75, 3.05) is 19.6 Å². The maximum absolute atomic E-state index is 11.5. The monoisotopic (exact) mass is 265 g/mol. The molecule has 0 bridgehead atoms. The number of nitrogens with zero attached hydrogens (tertiary/aromatic N) is 3. The lowest BCUT2D eigenvalue weighted by molar-refractivity contribution is -0.152. The van der Waals surface area contributed by atoms with Crippen LogP contribution in [0.4, 0.5) is 0 Å². The Morgan fingerprint density at radius 3 is 2.63 bits per heavy atom. The third kappa shape index (κ3) is 3.35. The van der Waals surface area contributed by atoms with Crippen LogP contribution in [0, 0.1) is 5.41 Å². The summed E-state index contributed by atoms with van der Waals surface area (Å²) in [5.41, 5.74) is -0.472. The first-order valence-corrected chi connectivity index (χ1v) is 7.08. The fourth-order valence-corrected chi connectivity index (χ4v) is 2.93. The minimum absolute atomic E-state index is 0.472. The molecule has 0 aromatic carbocycles. The van der Waals surface area contributed by atoms with Gasteiger partial charge in [0.1, 0.15) is 0 Å². The first-order chi connectivity index (χ1) is 9.16. The van der Waals surface area contributed by atoms with Gasteiger partial charge in [0, 0.05) is 25.5 Å². The molecule has 0 spiro atoms. The van der Waals surface area contributed by atoms with Crippen LogP contribution < -0.4 is 0 Å². The lowest BCUT2D eigenvalue weighted by atomic mass is 9.75. The van der Waals surface area contributed by atoms with Crippen LogP contribution in [0.25, 0.3) is 0 Å². The third-order valence-corrected chi connectivity index (χ3v) is 4.23. The number of piperidine rings is 1. The predicted molar refractivity (Wildman–Crippen MR) is 72.9 cm³/mol. The fourth-order valence-electron chi connectivity index (χ4n) is 2.93. The molecule has 0 amide bonds. The summed E-state index contributed by atoms with van der Waals surface area (Å²) in [6.45, 7) is 5.74. The van der Waals surface area contributed by atoms with E-state index in [9.17, 15) is 9.90 Å². The number of hydrogen-bond acceptors (Lipinski definition) is 3. The Morgan fingerprint density at radius 2 is 2.11 bits per heavy atom. The average molecular weight is 265 g/mol. The maximum Gasteiger partial charge on any atom is 0.309 e. The Morgan fingerprint density at radius 1 is 1.37 bits per heavy atom. The van der Waals surface area contributed by atoms with Crippen molar-refractivity contribution in [2.24, 2.45) is 5.41 Å². The molecule has 1 aromatic heterocycles. The summed E-state index contributed by atoms with van der Waals surface area (Å²) >= 11 is 0. The second kappa shape index (κ2) is 6.19. The highest BCUT2D eigenvalue weighted by Crippen LogP contribution is 2.36. The van der Waals surface area contributed by atoms with Crippen LogP contribution >= 0.6 is 0 Å². The highest BCUT2D eigenvalue weighted by atomic mass is 16.4. The highest BCUT2D eigenvalue weighted by Gasteiger charge is 2.40. The number of carbonyl (C=O) groups is 1. The van der Waals surface area contributed by atoms with Gasteiger partial charge in [-0.25, -0.2) is 4.98 Å². The molecular formula is C14H23N3O2. The van der Waals surface area contributed by atoms with Gasteiger partial charge in [-0.05, 0) is 32.4 Å². The van der Waals surface area contributed by atoms with E-state index in [4.69, 9.17) is 0 Å². The molecule has 1 aromatic rings. The van der Waals surface area contributed by atoms with Crippen molar-refractivity contribution in [1.82, 2.24) is 14.5 Å². The Hall–Kier alpha value is -1.36. The van der Waals surface area contributed by atoms with Crippen molar-refractivity contribution in [3.05, 3.63) is 18.7 Å². The molecule has 2 heterocycles. The molecular weight excluding hydrogens is 242 g/mol. The zero-order valence-corrected chi connectivity index (χ0v) is 11.6. The van der Waals surface area contributed by atoms with Crippen molar-refractivity contribution in [2.45, 2.75) is 39.2 Å². The van der Waals surface area contributed by atoms with E-state index in [0.717, 1.165) is 51.9 Å². The Kier molecular flexibility index (Phi) is 4.58. The molecule has 0 unspecified atom stereocenters. The van der Waals surface area contributed by atoms with Crippen LogP contribution in [0.5, 0.6) is 0 Å². The van der Waals surface area contributed by atoms with Gasteiger partial charge in [-0.2, -0.15) is 0 Å². The van der Waals surface area contributed by atoms with Gasteiger partial charge in [0.25, 0.3) is 0 Å². The number of likely N-dealkylation sites (tertiary alicyclic amines) is 1. The number of rotatable bonds is 6. The largest absolute Gasteiger partial charge is 0.481 e. The summed E-state index contributed by atoms with van der Waals surface area (Å²) < 4.78 is 2.06. The van der Waals surface area contributed by atoms with Gasteiger partial charge in [0.15, 0.2) is 0 Å². The summed E-state index contributed by atoms with van der Waals surface area (Å²) in [6, 6.07) is 0. The molecule has 1 fully saturated rings. The van der Waals surface area contributed by atoms with Gasteiger partial charge < -0.3 is 14.6 Å². The van der Waals surface area contributed by atoms with Crippen LogP contribution in [0.1, 0.15) is 32.6 Å². The Labute approximate surface area is 114 Å². The lowest BCUT2D eigenvalue weighted by Gasteiger charge is -2.38. The summed E-state index contributed by atoms with van der Waals surface area (Å²) in [7, 11) is 0. The van der Waals surface area contributed by atoms with Crippen molar-refractivity contribution in [3.8, 4) is 0 Å². The Balaban J connectivity index is 1.82. The van der Waals surface area contributed by atoms with Gasteiger partial charge in [-0.15, -0.1) is 0 Å². The summed E-state index contributed by atoms with van der Waals surface area (Å²) in [6.07, 6.45) is 8.87. The summed E-state index contributed by atoms with van der Waals surface area (Å²) in [5, 5.41) is 9.46. The van der Waals surface area contributed by atoms with Gasteiger partial charge in [0.2, 0.25) is 0 Å². The molecule has 2 rings (SSSR count). The van der Waals surface area contributed by atoms with E-state index < -0.39 is 11.4 Å². The van der Waals surface area contributed by atoms with Gasteiger partial charge in [-0.3, -0.25) is 4.79 Å². The average Bonchev–Trinajstić information content (AvgIpc) is 2.91. The van der Waals surface area contributed by atoms with Crippen LogP contribution in [0.3, 0.4) is 0 Å². The number of carboxylic acid groups (broad SMARTS) is 1. The molecule has 1 N–H and O–H groups in total. The van der Waals surface area contributed by atoms with Crippen molar-refractivity contribution in [3.63, 3.8) is 0 Å². The molecule has 0 radical (unpaired) electrons. The van der Waals surface area contributed by atoms with E-state index in [1.807, 2.05) is 12.5 Å². The Bertz CT molecular complexity index is 395. The quantitative estimate of drug-likeness (QED) is 0.853. The lowest BCUT2D eigenvalue weighted by Crippen LogP contribution is -2.45. The summed E-state index contributed by atoms with van der Waals surface area (Å²) in [5.74, 6) is -0.608. The SMILES string of the molecule is CCCC1(C(=O)O)CCN(CCn2ccnc2)CC1. The molecule has 1 saturated heterocycles. The predicted octanol–water partition coefficient (Wildman–Crippen LogP) is 1.85. The second-order valence-corrected chi connectivity index (χ2v) is 5.48. The van der Waals surface area contributed by atoms with Gasteiger partial charge in [0.05, 0.1) is 11.7 Å². The zero-order valence-electron chi connectivity index (χ0n) is 11.6. The standard InChI is InChI=1S/C14H23N3O2/c1-2-3-14(13(18)19)4-7-16(8-5-14)10-11-17-9-6-15-12-17/h6,9,12H,2-5,7-8,10-11H2,1H3,(H,18,19). The summed E-state index contributed by atoms with van der Waals surface area (Å²) in [4.78, 5) is 17.9. The number of hydrogen-bond donors (Lipinski definition) is 1. The van der Waals surface area contributed by atoms with E-state index >= 15 is 0 Å². The minimum Gasteiger partial charge on any atom is -0.481 e. The fraction of sp³-hybridized carbons (Fsp3) is 0.714. The smallest absolute Gasteiger partial charge is 0.309 e. The minimum atomic E-state index is -0.608. The van der Waals surface area contributed by atoms with Crippen molar-refractivity contribution >= 4 is 5.97 Å². The van der Waals surface area contributed by atoms with Crippen molar-refractivity contribution in [1.29, 1.82) is 0 Å². The molecule has 19 heavy (non-hydrogen) atoms. The molecule has 0 saturated carbocycles. The molecule has 5 heteroatoms. The van der Waals surface area contributed by atoms with E-state index in [-0.39, 0.29) is 0 Å². The van der Waals surface area contributed by atoms with E-state index in [0.29, 0.717) is 0 Å². The van der Waals surface area contributed by atoms with Gasteiger partial charge in [-0.1, -0.05) is 13.3 Å². The molecule has 5 nitrogen and oxygen atoms in total. The first kappa shape index (κ1) is 14.1. The van der Waals surface area contributed by atoms with Crippen LogP contribution in [0.2, 0.25) is 0 Å². The van der Waals surface area contributed by atoms with Crippen LogP contribution in [-0.2, 0) is 11.3 Å². The van der Waals surface area contributed by atoms with E-state index in [2.05, 4.69) is 21.4 Å². The van der Waals surface area contributed by atoms with Crippen LogP contribution in [0.15, 0.2) is 18.7 Å². The van der Waals surface area contributed by atoms with Crippen molar-refractivity contribution < 1.29 is 9.90 Å². The number of aliphatic carboxylic acids is 1. The number of imidazole rings is 1. The maximum atomic E-state index is 11.5.